The minimum atomic E-state index is -0.318. The Bertz CT molecular complexity index is 600. The zero-order valence-corrected chi connectivity index (χ0v) is 10.4. The van der Waals surface area contributed by atoms with Gasteiger partial charge in [0.15, 0.2) is 0 Å². The summed E-state index contributed by atoms with van der Waals surface area (Å²) in [6.07, 6.45) is 3.02. The van der Waals surface area contributed by atoms with Crippen LogP contribution in [0.5, 0.6) is 0 Å². The topological polar surface area (TPSA) is 80.9 Å². The molecule has 3 N–H and O–H groups in total. The van der Waals surface area contributed by atoms with Gasteiger partial charge in [0.25, 0.3) is 5.91 Å². The van der Waals surface area contributed by atoms with Gasteiger partial charge in [-0.1, -0.05) is 11.6 Å². The molecule has 0 unspecified atom stereocenters. The molecule has 1 amide bonds. The van der Waals surface area contributed by atoms with Crippen LogP contribution in [0, 0.1) is 6.92 Å². The summed E-state index contributed by atoms with van der Waals surface area (Å²) in [4.78, 5) is 20.0. The molecule has 0 aliphatic rings. The molecule has 2 heterocycles. The number of carbonyl (C=O) groups excluding carboxylic acids is 1. The Morgan fingerprint density at radius 2 is 2.17 bits per heavy atom. The lowest BCUT2D eigenvalue weighted by Gasteiger charge is -2.07. The first-order chi connectivity index (χ1) is 8.56. The number of rotatable bonds is 2. The van der Waals surface area contributed by atoms with E-state index in [4.69, 9.17) is 17.3 Å². The molecule has 0 saturated carbocycles. The Hall–Kier alpha value is -2.14. The fourth-order valence-electron chi connectivity index (χ4n) is 1.44. The van der Waals surface area contributed by atoms with Gasteiger partial charge in [0.05, 0.1) is 23.1 Å². The van der Waals surface area contributed by atoms with Crippen molar-refractivity contribution >= 4 is 29.0 Å². The summed E-state index contributed by atoms with van der Waals surface area (Å²) in [6, 6.07) is 4.77. The summed E-state index contributed by atoms with van der Waals surface area (Å²) in [7, 11) is 0. The summed E-state index contributed by atoms with van der Waals surface area (Å²) >= 11 is 5.81. The average molecular weight is 263 g/mol. The van der Waals surface area contributed by atoms with Gasteiger partial charge >= 0.3 is 0 Å². The van der Waals surface area contributed by atoms with Crippen LogP contribution in [0.4, 0.5) is 11.5 Å². The molecule has 2 aromatic heterocycles. The van der Waals surface area contributed by atoms with E-state index in [0.29, 0.717) is 27.8 Å². The largest absolute Gasteiger partial charge is 0.397 e. The highest BCUT2D eigenvalue weighted by atomic mass is 35.5. The molecule has 92 valence electrons. The number of pyridine rings is 2. The van der Waals surface area contributed by atoms with Crippen LogP contribution < -0.4 is 11.1 Å². The standard InChI is InChI=1S/C12H11ClN4O/c1-7-10(5-9(14)6-16-7)12(18)17-11-4-8(13)2-3-15-11/h2-6H,14H2,1H3,(H,15,17,18). The van der Waals surface area contributed by atoms with Crippen LogP contribution in [0.1, 0.15) is 16.1 Å². The molecule has 0 spiro atoms. The maximum atomic E-state index is 12.0. The SMILES string of the molecule is Cc1ncc(N)cc1C(=O)Nc1cc(Cl)ccn1. The molecule has 0 aliphatic carbocycles. The number of aromatic nitrogens is 2. The number of aryl methyl sites for hydroxylation is 1. The fraction of sp³-hybridized carbons (Fsp3) is 0.0833. The average Bonchev–Trinajstić information content (AvgIpc) is 2.32. The van der Waals surface area contributed by atoms with Gasteiger partial charge < -0.3 is 11.1 Å². The van der Waals surface area contributed by atoms with Crippen molar-refractivity contribution in [3.8, 4) is 0 Å². The van der Waals surface area contributed by atoms with Gasteiger partial charge in [-0.3, -0.25) is 9.78 Å². The van der Waals surface area contributed by atoms with Crippen LogP contribution in [-0.2, 0) is 0 Å². The highest BCUT2D eigenvalue weighted by Gasteiger charge is 2.11. The van der Waals surface area contributed by atoms with Gasteiger partial charge in [0, 0.05) is 11.2 Å². The molecule has 0 saturated heterocycles. The molecule has 5 nitrogen and oxygen atoms in total. The van der Waals surface area contributed by atoms with Crippen LogP contribution >= 0.6 is 11.6 Å². The van der Waals surface area contributed by atoms with Crippen LogP contribution in [-0.4, -0.2) is 15.9 Å². The molecule has 2 aromatic rings. The minimum absolute atomic E-state index is 0.318. The molecule has 6 heteroatoms. The smallest absolute Gasteiger partial charge is 0.258 e. The van der Waals surface area contributed by atoms with Crippen molar-refractivity contribution in [2.45, 2.75) is 6.92 Å². The molecule has 18 heavy (non-hydrogen) atoms. The zero-order valence-electron chi connectivity index (χ0n) is 9.64. The highest BCUT2D eigenvalue weighted by Crippen LogP contribution is 2.15. The Labute approximate surface area is 109 Å². The van der Waals surface area contributed by atoms with E-state index in [9.17, 15) is 4.79 Å². The van der Waals surface area contributed by atoms with Crippen molar-refractivity contribution in [3.63, 3.8) is 0 Å². The van der Waals surface area contributed by atoms with E-state index in [0.717, 1.165) is 0 Å². The second-order valence-corrected chi connectivity index (χ2v) is 4.15. The lowest BCUT2D eigenvalue weighted by atomic mass is 10.2. The fourth-order valence-corrected chi connectivity index (χ4v) is 1.60. The number of carbonyl (C=O) groups is 1. The molecule has 0 fully saturated rings. The van der Waals surface area contributed by atoms with E-state index in [2.05, 4.69) is 15.3 Å². The Kier molecular flexibility index (Phi) is 3.43. The lowest BCUT2D eigenvalue weighted by molar-refractivity contribution is 0.102. The highest BCUT2D eigenvalue weighted by molar-refractivity contribution is 6.30. The van der Waals surface area contributed by atoms with Crippen LogP contribution in [0.15, 0.2) is 30.6 Å². The third-order valence-electron chi connectivity index (χ3n) is 2.32. The van der Waals surface area contributed by atoms with Crippen LogP contribution in [0.2, 0.25) is 5.02 Å². The molecule has 0 radical (unpaired) electrons. The molecule has 0 bridgehead atoms. The first kappa shape index (κ1) is 12.3. The van der Waals surface area contributed by atoms with Gasteiger partial charge in [-0.2, -0.15) is 0 Å². The Morgan fingerprint density at radius 1 is 1.39 bits per heavy atom. The summed E-state index contributed by atoms with van der Waals surface area (Å²) in [5.74, 6) is 0.0661. The van der Waals surface area contributed by atoms with Crippen molar-refractivity contribution < 1.29 is 4.79 Å². The second-order valence-electron chi connectivity index (χ2n) is 3.72. The zero-order chi connectivity index (χ0) is 13.1. The maximum Gasteiger partial charge on any atom is 0.258 e. The lowest BCUT2D eigenvalue weighted by Crippen LogP contribution is -2.15. The third-order valence-corrected chi connectivity index (χ3v) is 2.55. The summed E-state index contributed by atoms with van der Waals surface area (Å²) < 4.78 is 0. The van der Waals surface area contributed by atoms with Crippen molar-refractivity contribution in [2.24, 2.45) is 0 Å². The van der Waals surface area contributed by atoms with E-state index < -0.39 is 0 Å². The first-order valence-electron chi connectivity index (χ1n) is 5.21. The Balaban J connectivity index is 2.24. The normalized spacial score (nSPS) is 10.1. The summed E-state index contributed by atoms with van der Waals surface area (Å²) in [5, 5.41) is 3.14. The number of nitrogens with one attached hydrogen (secondary N) is 1. The van der Waals surface area contributed by atoms with Crippen molar-refractivity contribution in [1.82, 2.24) is 9.97 Å². The number of nitrogens with two attached hydrogens (primary N) is 1. The van der Waals surface area contributed by atoms with E-state index in [-0.39, 0.29) is 5.91 Å². The van der Waals surface area contributed by atoms with Crippen LogP contribution in [0.25, 0.3) is 0 Å². The van der Waals surface area contributed by atoms with Gasteiger partial charge in [-0.15, -0.1) is 0 Å². The Morgan fingerprint density at radius 3 is 2.89 bits per heavy atom. The predicted octanol–water partition coefficient (Wildman–Crippen LogP) is 2.27. The first-order valence-corrected chi connectivity index (χ1v) is 5.59. The summed E-state index contributed by atoms with van der Waals surface area (Å²) in [5.41, 5.74) is 7.05. The number of amides is 1. The number of nitrogen functional groups attached to an aromatic ring is 1. The van der Waals surface area contributed by atoms with Crippen molar-refractivity contribution in [3.05, 3.63) is 46.9 Å². The van der Waals surface area contributed by atoms with Gasteiger partial charge in [-0.05, 0) is 25.1 Å². The van der Waals surface area contributed by atoms with E-state index >= 15 is 0 Å². The summed E-state index contributed by atoms with van der Waals surface area (Å²) in [6.45, 7) is 1.74. The van der Waals surface area contributed by atoms with Gasteiger partial charge in [0.2, 0.25) is 0 Å². The van der Waals surface area contributed by atoms with Crippen LogP contribution in [0.3, 0.4) is 0 Å². The van der Waals surface area contributed by atoms with Crippen molar-refractivity contribution in [1.29, 1.82) is 0 Å². The monoisotopic (exact) mass is 262 g/mol. The maximum absolute atomic E-state index is 12.0. The second kappa shape index (κ2) is 5.01. The number of nitrogens with zero attached hydrogens (tertiary/aromatic N) is 2. The van der Waals surface area contributed by atoms with Crippen molar-refractivity contribution in [2.75, 3.05) is 11.1 Å². The molecule has 0 atom stereocenters. The van der Waals surface area contributed by atoms with E-state index in [1.165, 1.54) is 12.4 Å². The number of hydrogen-bond donors (Lipinski definition) is 2. The molecule has 2 rings (SSSR count). The molecule has 0 aliphatic heterocycles. The van der Waals surface area contributed by atoms with Gasteiger partial charge in [-0.25, -0.2) is 4.98 Å². The van der Waals surface area contributed by atoms with Gasteiger partial charge in [0.1, 0.15) is 5.82 Å². The third kappa shape index (κ3) is 2.75. The minimum Gasteiger partial charge on any atom is -0.397 e. The number of anilines is 2. The molecular formula is C12H11ClN4O. The number of halogens is 1. The van der Waals surface area contributed by atoms with E-state index in [1.54, 1.807) is 25.1 Å². The quantitative estimate of drug-likeness (QED) is 0.870. The number of hydrogen-bond acceptors (Lipinski definition) is 4. The molecule has 0 aromatic carbocycles. The predicted molar refractivity (Wildman–Crippen MR) is 70.6 cm³/mol. The molecular weight excluding hydrogens is 252 g/mol. The van der Waals surface area contributed by atoms with E-state index in [1.807, 2.05) is 0 Å².